The van der Waals surface area contributed by atoms with Crippen LogP contribution in [0.4, 0.5) is 11.5 Å². The molecule has 1 aliphatic rings. The number of benzene rings is 1. The molecule has 2 aromatic rings. The molecule has 0 radical (unpaired) electrons. The third kappa shape index (κ3) is 5.44. The molecule has 31 heavy (non-hydrogen) atoms. The van der Waals surface area contributed by atoms with Crippen LogP contribution in [0.3, 0.4) is 0 Å². The zero-order valence-corrected chi connectivity index (χ0v) is 18.5. The maximum absolute atomic E-state index is 13.4. The van der Waals surface area contributed by atoms with Gasteiger partial charge in [0, 0.05) is 19.1 Å². The van der Waals surface area contributed by atoms with Crippen LogP contribution in [0.25, 0.3) is 0 Å². The Morgan fingerprint density at radius 3 is 2.52 bits per heavy atom. The third-order valence-corrected chi connectivity index (χ3v) is 5.85. The van der Waals surface area contributed by atoms with Crippen molar-refractivity contribution in [2.75, 3.05) is 24.2 Å². The monoisotopic (exact) mass is 427 g/mol. The second-order valence-corrected chi connectivity index (χ2v) is 8.36. The minimum absolute atomic E-state index is 0.0770. The maximum atomic E-state index is 13.4. The van der Waals surface area contributed by atoms with E-state index in [1.54, 1.807) is 4.90 Å². The standard InChI is InChI=1S/C23H33N5O3/c1-3-4-14-27-21(24)20(22(30)25-23(27)31)28(18-12-8-9-13-18)19(29)16-26(2)15-17-10-6-5-7-11-17/h5-7,10-11,18H,3-4,8-9,12-16,24H2,1-2H3,(H,25,30,31). The first kappa shape index (κ1) is 22.8. The van der Waals surface area contributed by atoms with E-state index in [0.717, 1.165) is 44.1 Å². The van der Waals surface area contributed by atoms with Gasteiger partial charge in [-0.25, -0.2) is 4.79 Å². The largest absolute Gasteiger partial charge is 0.383 e. The van der Waals surface area contributed by atoms with Gasteiger partial charge in [-0.2, -0.15) is 0 Å². The number of carbonyl (C=O) groups excluding carboxylic acids is 1. The zero-order valence-electron chi connectivity index (χ0n) is 18.5. The molecule has 0 unspecified atom stereocenters. The summed E-state index contributed by atoms with van der Waals surface area (Å²) in [5.41, 5.74) is 6.42. The van der Waals surface area contributed by atoms with Crippen molar-refractivity contribution in [3.05, 3.63) is 56.7 Å². The van der Waals surface area contributed by atoms with E-state index in [-0.39, 0.29) is 30.0 Å². The van der Waals surface area contributed by atoms with Crippen LogP contribution in [0.2, 0.25) is 0 Å². The Morgan fingerprint density at radius 1 is 1.19 bits per heavy atom. The highest BCUT2D eigenvalue weighted by Gasteiger charge is 2.32. The van der Waals surface area contributed by atoms with Crippen molar-refractivity contribution in [3.8, 4) is 0 Å². The first-order valence-corrected chi connectivity index (χ1v) is 11.1. The number of hydrogen-bond donors (Lipinski definition) is 2. The zero-order chi connectivity index (χ0) is 22.4. The molecule has 0 aliphatic heterocycles. The SMILES string of the molecule is CCCCn1c(N)c(N(C(=O)CN(C)Cc2ccccc2)C2CCCC2)c(=O)[nH]c1=O. The number of hydrogen-bond acceptors (Lipinski definition) is 5. The van der Waals surface area contributed by atoms with E-state index in [2.05, 4.69) is 4.98 Å². The van der Waals surface area contributed by atoms with Gasteiger partial charge in [-0.05, 0) is 31.9 Å². The lowest BCUT2D eigenvalue weighted by Crippen LogP contribution is -2.48. The Labute approximate surface area is 182 Å². The minimum Gasteiger partial charge on any atom is -0.383 e. The first-order valence-electron chi connectivity index (χ1n) is 11.1. The van der Waals surface area contributed by atoms with E-state index in [1.165, 1.54) is 4.57 Å². The molecule has 1 aromatic heterocycles. The van der Waals surface area contributed by atoms with Gasteiger partial charge in [0.2, 0.25) is 5.91 Å². The Morgan fingerprint density at radius 2 is 1.87 bits per heavy atom. The predicted octanol–water partition coefficient (Wildman–Crippen LogP) is 2.33. The van der Waals surface area contributed by atoms with Crippen LogP contribution >= 0.6 is 0 Å². The van der Waals surface area contributed by atoms with Gasteiger partial charge in [-0.1, -0.05) is 56.5 Å². The molecule has 1 aromatic carbocycles. The van der Waals surface area contributed by atoms with E-state index in [4.69, 9.17) is 5.73 Å². The van der Waals surface area contributed by atoms with Crippen LogP contribution < -0.4 is 21.9 Å². The molecule has 8 nitrogen and oxygen atoms in total. The highest BCUT2D eigenvalue weighted by Crippen LogP contribution is 2.29. The number of anilines is 2. The number of H-pyrrole nitrogens is 1. The van der Waals surface area contributed by atoms with Crippen molar-refractivity contribution in [2.45, 2.75) is 64.6 Å². The fraction of sp³-hybridized carbons (Fsp3) is 0.522. The molecular weight excluding hydrogens is 394 g/mol. The summed E-state index contributed by atoms with van der Waals surface area (Å²) in [6, 6.07) is 9.84. The minimum atomic E-state index is -0.596. The summed E-state index contributed by atoms with van der Waals surface area (Å²) in [6.45, 7) is 3.20. The topological polar surface area (TPSA) is 104 Å². The van der Waals surface area contributed by atoms with Gasteiger partial charge in [-0.3, -0.25) is 24.0 Å². The quantitative estimate of drug-likeness (QED) is 0.639. The number of rotatable bonds is 9. The molecular formula is C23H33N5O3. The first-order chi connectivity index (χ1) is 14.9. The molecule has 0 atom stereocenters. The van der Waals surface area contributed by atoms with Crippen molar-refractivity contribution < 1.29 is 4.79 Å². The van der Waals surface area contributed by atoms with E-state index in [0.29, 0.717) is 13.1 Å². The summed E-state index contributed by atoms with van der Waals surface area (Å²) in [6.07, 6.45) is 5.29. The summed E-state index contributed by atoms with van der Waals surface area (Å²) in [5.74, 6) is -0.101. The van der Waals surface area contributed by atoms with Crippen molar-refractivity contribution in [3.63, 3.8) is 0 Å². The summed E-state index contributed by atoms with van der Waals surface area (Å²) in [4.78, 5) is 44.4. The van der Waals surface area contributed by atoms with Gasteiger partial charge < -0.3 is 10.6 Å². The van der Waals surface area contributed by atoms with Crippen LogP contribution in [0, 0.1) is 0 Å². The van der Waals surface area contributed by atoms with Gasteiger partial charge in [0.25, 0.3) is 5.56 Å². The molecule has 1 aliphatic carbocycles. The number of nitrogens with one attached hydrogen (secondary N) is 1. The Bertz CT molecular complexity index is 993. The highest BCUT2D eigenvalue weighted by atomic mass is 16.2. The van der Waals surface area contributed by atoms with Crippen molar-refractivity contribution in [2.24, 2.45) is 0 Å². The second-order valence-electron chi connectivity index (χ2n) is 8.36. The van der Waals surface area contributed by atoms with Crippen molar-refractivity contribution in [1.82, 2.24) is 14.5 Å². The van der Waals surface area contributed by atoms with Crippen molar-refractivity contribution in [1.29, 1.82) is 0 Å². The number of nitrogen functional groups attached to an aromatic ring is 1. The van der Waals surface area contributed by atoms with Crippen LogP contribution in [-0.2, 0) is 17.9 Å². The molecule has 3 N–H and O–H groups in total. The van der Waals surface area contributed by atoms with Gasteiger partial charge >= 0.3 is 5.69 Å². The fourth-order valence-electron chi connectivity index (χ4n) is 4.28. The van der Waals surface area contributed by atoms with Gasteiger partial charge in [0.1, 0.15) is 5.82 Å². The number of aromatic amines is 1. The number of amides is 1. The summed E-state index contributed by atoms with van der Waals surface area (Å²) < 4.78 is 1.38. The lowest BCUT2D eigenvalue weighted by Gasteiger charge is -2.31. The molecule has 1 heterocycles. The predicted molar refractivity (Wildman–Crippen MR) is 123 cm³/mol. The number of unbranched alkanes of at least 4 members (excludes halogenated alkanes) is 1. The average molecular weight is 428 g/mol. The normalized spacial score (nSPS) is 14.3. The van der Waals surface area contributed by atoms with E-state index in [1.807, 2.05) is 49.2 Å². The Kier molecular flexibility index (Phi) is 7.68. The van der Waals surface area contributed by atoms with Crippen LogP contribution in [0.5, 0.6) is 0 Å². The number of nitrogens with zero attached hydrogens (tertiary/aromatic N) is 3. The molecule has 1 saturated carbocycles. The Hall–Kier alpha value is -2.87. The molecule has 168 valence electrons. The van der Waals surface area contributed by atoms with E-state index in [9.17, 15) is 14.4 Å². The van der Waals surface area contributed by atoms with E-state index >= 15 is 0 Å². The highest BCUT2D eigenvalue weighted by molar-refractivity contribution is 5.97. The summed E-state index contributed by atoms with van der Waals surface area (Å²) in [7, 11) is 1.88. The summed E-state index contributed by atoms with van der Waals surface area (Å²) >= 11 is 0. The van der Waals surface area contributed by atoms with Gasteiger partial charge in [0.05, 0.1) is 6.54 Å². The average Bonchev–Trinajstić information content (AvgIpc) is 3.25. The number of likely N-dealkylation sites (N-methyl/N-ethyl adjacent to an activating group) is 1. The molecule has 1 amide bonds. The lowest BCUT2D eigenvalue weighted by molar-refractivity contribution is -0.120. The van der Waals surface area contributed by atoms with Crippen molar-refractivity contribution >= 4 is 17.4 Å². The molecule has 0 bridgehead atoms. The lowest BCUT2D eigenvalue weighted by atomic mass is 10.1. The van der Waals surface area contributed by atoms with Gasteiger partial charge in [-0.15, -0.1) is 0 Å². The van der Waals surface area contributed by atoms with Gasteiger partial charge in [0.15, 0.2) is 5.69 Å². The number of carbonyl (C=O) groups is 1. The molecule has 8 heteroatoms. The number of aromatic nitrogens is 2. The van der Waals surface area contributed by atoms with Crippen LogP contribution in [-0.4, -0.2) is 40.0 Å². The van der Waals surface area contributed by atoms with E-state index < -0.39 is 11.2 Å². The molecule has 1 fully saturated rings. The summed E-state index contributed by atoms with van der Waals surface area (Å²) in [5, 5.41) is 0. The smallest absolute Gasteiger partial charge is 0.330 e. The number of nitrogens with two attached hydrogens (primary N) is 1. The third-order valence-electron chi connectivity index (χ3n) is 5.85. The maximum Gasteiger partial charge on any atom is 0.330 e. The van der Waals surface area contributed by atoms with Crippen LogP contribution in [0.15, 0.2) is 39.9 Å². The second kappa shape index (κ2) is 10.4. The molecule has 0 saturated heterocycles. The Balaban J connectivity index is 1.91. The molecule has 0 spiro atoms. The molecule has 3 rings (SSSR count). The van der Waals surface area contributed by atoms with Crippen LogP contribution in [0.1, 0.15) is 51.0 Å². The fourth-order valence-corrected chi connectivity index (χ4v) is 4.28.